The molecule has 0 aromatic carbocycles. The van der Waals surface area contributed by atoms with E-state index in [9.17, 15) is 8.78 Å². The number of rotatable bonds is 3. The van der Waals surface area contributed by atoms with Gasteiger partial charge in [-0.1, -0.05) is 0 Å². The fraction of sp³-hybridized carbons (Fsp3) is 1.00. The van der Waals surface area contributed by atoms with Crippen LogP contribution in [0.5, 0.6) is 0 Å². The summed E-state index contributed by atoms with van der Waals surface area (Å²) in [7, 11) is 0. The molecule has 0 amide bonds. The zero-order chi connectivity index (χ0) is 10.8. The van der Waals surface area contributed by atoms with Crippen molar-refractivity contribution in [3.63, 3.8) is 0 Å². The molecule has 2 nitrogen and oxygen atoms in total. The molecule has 4 heteroatoms. The van der Waals surface area contributed by atoms with Crippen molar-refractivity contribution < 1.29 is 8.78 Å². The summed E-state index contributed by atoms with van der Waals surface area (Å²) in [6.45, 7) is 5.52. The first-order valence-electron chi connectivity index (χ1n) is 5.27. The van der Waals surface area contributed by atoms with E-state index in [1.54, 1.807) is 6.92 Å². The molecule has 0 spiro atoms. The number of nitrogens with one attached hydrogen (secondary N) is 2. The Bertz CT molecular complexity index is 179. The monoisotopic (exact) mass is 206 g/mol. The van der Waals surface area contributed by atoms with Crippen molar-refractivity contribution in [3.8, 4) is 0 Å². The van der Waals surface area contributed by atoms with Gasteiger partial charge < -0.3 is 10.6 Å². The van der Waals surface area contributed by atoms with Crippen LogP contribution in [0.4, 0.5) is 8.78 Å². The predicted octanol–water partition coefficient (Wildman–Crippen LogP) is 1.76. The van der Waals surface area contributed by atoms with Crippen molar-refractivity contribution in [3.05, 3.63) is 0 Å². The van der Waals surface area contributed by atoms with Gasteiger partial charge in [0.2, 0.25) is 0 Å². The molecule has 1 aliphatic heterocycles. The second kappa shape index (κ2) is 4.53. The van der Waals surface area contributed by atoms with E-state index in [4.69, 9.17) is 0 Å². The van der Waals surface area contributed by atoms with Gasteiger partial charge >= 0.3 is 0 Å². The van der Waals surface area contributed by atoms with Gasteiger partial charge in [-0.05, 0) is 33.2 Å². The third-order valence-electron chi connectivity index (χ3n) is 2.87. The van der Waals surface area contributed by atoms with Crippen LogP contribution >= 0.6 is 0 Å². The molecule has 0 bridgehead atoms. The first kappa shape index (κ1) is 11.9. The van der Waals surface area contributed by atoms with Gasteiger partial charge in [-0.25, -0.2) is 8.78 Å². The van der Waals surface area contributed by atoms with E-state index in [1.807, 2.05) is 0 Å². The Hall–Kier alpha value is -0.220. The average molecular weight is 206 g/mol. The highest BCUT2D eigenvalue weighted by atomic mass is 19.3. The van der Waals surface area contributed by atoms with Crippen LogP contribution in [0.25, 0.3) is 0 Å². The van der Waals surface area contributed by atoms with E-state index in [2.05, 4.69) is 17.6 Å². The largest absolute Gasteiger partial charge is 0.314 e. The van der Waals surface area contributed by atoms with Crippen LogP contribution in [-0.2, 0) is 0 Å². The minimum Gasteiger partial charge on any atom is -0.314 e. The Morgan fingerprint density at radius 2 is 2.14 bits per heavy atom. The van der Waals surface area contributed by atoms with E-state index in [0.717, 1.165) is 26.3 Å². The maximum absolute atomic E-state index is 12.9. The molecule has 0 aromatic heterocycles. The topological polar surface area (TPSA) is 24.1 Å². The SMILES string of the molecule is CC1CC(NC(C)C(C)(F)F)CCN1. The molecular weight excluding hydrogens is 186 g/mol. The van der Waals surface area contributed by atoms with Gasteiger partial charge in [-0.15, -0.1) is 0 Å². The smallest absolute Gasteiger partial charge is 0.260 e. The molecule has 1 saturated heterocycles. The van der Waals surface area contributed by atoms with Gasteiger partial charge in [0, 0.05) is 19.0 Å². The van der Waals surface area contributed by atoms with Gasteiger partial charge in [-0.3, -0.25) is 0 Å². The maximum Gasteiger partial charge on any atom is 0.260 e. The summed E-state index contributed by atoms with van der Waals surface area (Å²) in [5.41, 5.74) is 0. The zero-order valence-corrected chi connectivity index (χ0v) is 9.11. The molecule has 14 heavy (non-hydrogen) atoms. The fourth-order valence-corrected chi connectivity index (χ4v) is 1.78. The van der Waals surface area contributed by atoms with Crippen molar-refractivity contribution in [1.29, 1.82) is 0 Å². The fourth-order valence-electron chi connectivity index (χ4n) is 1.78. The highest BCUT2D eigenvalue weighted by Gasteiger charge is 2.32. The Morgan fingerprint density at radius 3 is 2.64 bits per heavy atom. The number of alkyl halides is 2. The van der Waals surface area contributed by atoms with Crippen LogP contribution in [0.2, 0.25) is 0 Å². The Morgan fingerprint density at radius 1 is 1.50 bits per heavy atom. The first-order chi connectivity index (χ1) is 6.39. The number of halogens is 2. The van der Waals surface area contributed by atoms with E-state index in [0.29, 0.717) is 6.04 Å². The summed E-state index contributed by atoms with van der Waals surface area (Å²) in [4.78, 5) is 0. The maximum atomic E-state index is 12.9. The highest BCUT2D eigenvalue weighted by Crippen LogP contribution is 2.19. The van der Waals surface area contributed by atoms with Crippen LogP contribution < -0.4 is 10.6 Å². The lowest BCUT2D eigenvalue weighted by molar-refractivity contribution is -0.0174. The standard InChI is InChI=1S/C10H20F2N2/c1-7-6-9(4-5-13-7)14-8(2)10(3,11)12/h7-9,13-14H,4-6H2,1-3H3. The zero-order valence-electron chi connectivity index (χ0n) is 9.11. The van der Waals surface area contributed by atoms with Crippen LogP contribution in [0.15, 0.2) is 0 Å². The minimum absolute atomic E-state index is 0.229. The van der Waals surface area contributed by atoms with Crippen molar-refractivity contribution in [2.24, 2.45) is 0 Å². The summed E-state index contributed by atoms with van der Waals surface area (Å²) in [5, 5.41) is 6.30. The molecule has 1 aliphatic rings. The molecular formula is C10H20F2N2. The van der Waals surface area contributed by atoms with Crippen LogP contribution in [0.3, 0.4) is 0 Å². The molecule has 0 radical (unpaired) electrons. The number of piperidine rings is 1. The lowest BCUT2D eigenvalue weighted by atomic mass is 9.99. The second-order valence-electron chi connectivity index (χ2n) is 4.42. The number of hydrogen-bond acceptors (Lipinski definition) is 2. The van der Waals surface area contributed by atoms with E-state index in [-0.39, 0.29) is 6.04 Å². The lowest BCUT2D eigenvalue weighted by Gasteiger charge is -2.32. The third kappa shape index (κ3) is 3.50. The molecule has 0 saturated carbocycles. The minimum atomic E-state index is -2.63. The van der Waals surface area contributed by atoms with Gasteiger partial charge in [0.1, 0.15) is 0 Å². The second-order valence-corrected chi connectivity index (χ2v) is 4.42. The highest BCUT2D eigenvalue weighted by molar-refractivity contribution is 4.85. The third-order valence-corrected chi connectivity index (χ3v) is 2.87. The molecule has 0 aromatic rings. The summed E-state index contributed by atoms with van der Waals surface area (Å²) < 4.78 is 25.8. The molecule has 3 unspecified atom stereocenters. The molecule has 1 fully saturated rings. The van der Waals surface area contributed by atoms with Crippen LogP contribution in [0, 0.1) is 0 Å². The van der Waals surface area contributed by atoms with Crippen LogP contribution in [0.1, 0.15) is 33.6 Å². The Kier molecular flexibility index (Phi) is 3.84. The van der Waals surface area contributed by atoms with Crippen molar-refractivity contribution in [2.75, 3.05) is 6.54 Å². The average Bonchev–Trinajstić information content (AvgIpc) is 2.02. The van der Waals surface area contributed by atoms with Crippen molar-refractivity contribution in [1.82, 2.24) is 10.6 Å². The molecule has 1 heterocycles. The van der Waals surface area contributed by atoms with E-state index >= 15 is 0 Å². The van der Waals surface area contributed by atoms with Gasteiger partial charge in [-0.2, -0.15) is 0 Å². The summed E-state index contributed by atoms with van der Waals surface area (Å²) in [6, 6.07) is -0.0798. The summed E-state index contributed by atoms with van der Waals surface area (Å²) in [5.74, 6) is -2.63. The Balaban J connectivity index is 2.36. The predicted molar refractivity (Wildman–Crippen MR) is 53.7 cm³/mol. The molecule has 84 valence electrons. The van der Waals surface area contributed by atoms with Gasteiger partial charge in [0.15, 0.2) is 0 Å². The van der Waals surface area contributed by atoms with Crippen molar-refractivity contribution in [2.45, 2.75) is 57.7 Å². The number of hydrogen-bond donors (Lipinski definition) is 2. The lowest BCUT2D eigenvalue weighted by Crippen LogP contribution is -2.51. The molecule has 0 aliphatic carbocycles. The van der Waals surface area contributed by atoms with E-state index < -0.39 is 12.0 Å². The summed E-state index contributed by atoms with van der Waals surface area (Å²) >= 11 is 0. The van der Waals surface area contributed by atoms with Crippen molar-refractivity contribution >= 4 is 0 Å². The summed E-state index contributed by atoms with van der Waals surface area (Å²) in [6.07, 6.45) is 1.87. The quantitative estimate of drug-likeness (QED) is 0.735. The van der Waals surface area contributed by atoms with E-state index in [1.165, 1.54) is 0 Å². The van der Waals surface area contributed by atoms with Gasteiger partial charge in [0.25, 0.3) is 5.92 Å². The molecule has 3 atom stereocenters. The van der Waals surface area contributed by atoms with Gasteiger partial charge in [0.05, 0.1) is 6.04 Å². The first-order valence-corrected chi connectivity index (χ1v) is 5.27. The molecule has 2 N–H and O–H groups in total. The normalized spacial score (nSPS) is 31.5. The molecule has 1 rings (SSSR count). The Labute approximate surface area is 84.4 Å². The van der Waals surface area contributed by atoms with Crippen LogP contribution in [-0.4, -0.2) is 30.6 Å².